The van der Waals surface area contributed by atoms with Gasteiger partial charge in [-0.3, -0.25) is 4.79 Å². The highest BCUT2D eigenvalue weighted by Crippen LogP contribution is 2.17. The molecule has 0 spiro atoms. The molecule has 0 aliphatic carbocycles. The van der Waals surface area contributed by atoms with Crippen molar-refractivity contribution in [2.75, 3.05) is 5.32 Å². The fraction of sp³-hybridized carbons (Fsp3) is 0.350. The topological polar surface area (TPSA) is 75.3 Å². The number of rotatable bonds is 6. The van der Waals surface area contributed by atoms with E-state index < -0.39 is 21.4 Å². The molecule has 1 amide bonds. The van der Waals surface area contributed by atoms with Gasteiger partial charge in [0.05, 0.1) is 4.90 Å². The summed E-state index contributed by atoms with van der Waals surface area (Å²) < 4.78 is 40.4. The third-order valence-corrected chi connectivity index (χ3v) is 5.56. The molecule has 0 heterocycles. The molecular formula is C20H25FN2O3S. The molecule has 7 heteroatoms. The number of nitrogens with one attached hydrogen (secondary N) is 2. The molecule has 0 bridgehead atoms. The molecule has 2 aromatic carbocycles. The molecule has 5 nitrogen and oxygen atoms in total. The largest absolute Gasteiger partial charge is 0.326 e. The van der Waals surface area contributed by atoms with Crippen LogP contribution >= 0.6 is 0 Å². The minimum absolute atomic E-state index is 0.181. The number of anilines is 1. The van der Waals surface area contributed by atoms with E-state index in [1.165, 1.54) is 24.3 Å². The Labute approximate surface area is 160 Å². The maximum Gasteiger partial charge on any atom is 0.241 e. The predicted octanol–water partition coefficient (Wildman–Crippen LogP) is 3.78. The Kier molecular flexibility index (Phi) is 6.38. The average Bonchev–Trinajstić information content (AvgIpc) is 2.54. The predicted molar refractivity (Wildman–Crippen MR) is 105 cm³/mol. The van der Waals surface area contributed by atoms with Crippen LogP contribution in [0.2, 0.25) is 0 Å². The number of sulfonamides is 1. The van der Waals surface area contributed by atoms with Crippen molar-refractivity contribution in [2.24, 2.45) is 0 Å². The van der Waals surface area contributed by atoms with Gasteiger partial charge < -0.3 is 5.32 Å². The van der Waals surface area contributed by atoms with Gasteiger partial charge in [0, 0.05) is 17.6 Å². The maximum atomic E-state index is 13.3. The number of amides is 1. The van der Waals surface area contributed by atoms with Crippen molar-refractivity contribution in [2.45, 2.75) is 51.0 Å². The lowest BCUT2D eigenvalue weighted by molar-refractivity contribution is -0.116. The second-order valence-corrected chi connectivity index (χ2v) is 9.19. The Balaban J connectivity index is 1.97. The van der Waals surface area contributed by atoms with Crippen LogP contribution in [0.3, 0.4) is 0 Å². The molecule has 0 fully saturated rings. The molecule has 2 rings (SSSR count). The van der Waals surface area contributed by atoms with E-state index in [0.717, 1.165) is 11.1 Å². The lowest BCUT2D eigenvalue weighted by atomic mass is 10.1. The average molecular weight is 392 g/mol. The quantitative estimate of drug-likeness (QED) is 0.786. The Hall–Kier alpha value is -2.25. The van der Waals surface area contributed by atoms with Crippen LogP contribution in [0.25, 0.3) is 0 Å². The van der Waals surface area contributed by atoms with Crippen LogP contribution in [0.4, 0.5) is 10.1 Å². The Morgan fingerprint density at radius 1 is 1.07 bits per heavy atom. The normalized spacial score (nSPS) is 12.0. The lowest BCUT2D eigenvalue weighted by Gasteiger charge is -2.20. The summed E-state index contributed by atoms with van der Waals surface area (Å²) in [6.07, 6.45) is 0.662. The van der Waals surface area contributed by atoms with Gasteiger partial charge in [0.25, 0.3) is 0 Å². The van der Waals surface area contributed by atoms with Gasteiger partial charge >= 0.3 is 0 Å². The number of hydrogen-bond donors (Lipinski definition) is 2. The van der Waals surface area contributed by atoms with Crippen molar-refractivity contribution in [3.63, 3.8) is 0 Å². The first-order valence-electron chi connectivity index (χ1n) is 8.65. The van der Waals surface area contributed by atoms with Crippen molar-refractivity contribution in [3.05, 3.63) is 59.4 Å². The van der Waals surface area contributed by atoms with Crippen molar-refractivity contribution < 1.29 is 17.6 Å². The van der Waals surface area contributed by atoms with Gasteiger partial charge in [-0.25, -0.2) is 17.5 Å². The van der Waals surface area contributed by atoms with Gasteiger partial charge in [0.2, 0.25) is 15.9 Å². The molecular weight excluding hydrogens is 367 g/mol. The first-order chi connectivity index (χ1) is 12.5. The van der Waals surface area contributed by atoms with E-state index in [9.17, 15) is 17.6 Å². The summed E-state index contributed by atoms with van der Waals surface area (Å²) in [5.74, 6) is -0.633. The molecule has 0 saturated carbocycles. The second-order valence-electron chi connectivity index (χ2n) is 7.51. The molecule has 0 radical (unpaired) electrons. The first-order valence-corrected chi connectivity index (χ1v) is 10.1. The number of aryl methyl sites for hydroxylation is 2. The van der Waals surface area contributed by atoms with E-state index in [0.29, 0.717) is 12.1 Å². The molecule has 2 N–H and O–H groups in total. The number of carbonyl (C=O) groups is 1. The summed E-state index contributed by atoms with van der Waals surface area (Å²) in [6.45, 7) is 7.12. The zero-order chi connectivity index (χ0) is 20.2. The summed E-state index contributed by atoms with van der Waals surface area (Å²) in [5, 5.41) is 2.70. The van der Waals surface area contributed by atoms with Gasteiger partial charge in [0.1, 0.15) is 5.82 Å². The fourth-order valence-electron chi connectivity index (χ4n) is 2.50. The van der Waals surface area contributed by atoms with Crippen LogP contribution in [-0.2, 0) is 21.2 Å². The van der Waals surface area contributed by atoms with Crippen molar-refractivity contribution in [1.82, 2.24) is 4.72 Å². The monoisotopic (exact) mass is 392 g/mol. The zero-order valence-electron chi connectivity index (χ0n) is 16.0. The Bertz CT molecular complexity index is 917. The van der Waals surface area contributed by atoms with Crippen LogP contribution in [0.1, 0.15) is 38.3 Å². The molecule has 0 saturated heterocycles. The highest BCUT2D eigenvalue weighted by atomic mass is 32.2. The van der Waals surface area contributed by atoms with Crippen LogP contribution < -0.4 is 10.0 Å². The number of halogens is 1. The molecule has 2 aromatic rings. The summed E-state index contributed by atoms with van der Waals surface area (Å²) in [6, 6.07) is 10.7. The molecule has 0 aromatic heterocycles. The number of benzene rings is 2. The van der Waals surface area contributed by atoms with Crippen molar-refractivity contribution >= 4 is 21.6 Å². The number of hydrogen-bond acceptors (Lipinski definition) is 3. The molecule has 27 heavy (non-hydrogen) atoms. The van der Waals surface area contributed by atoms with E-state index >= 15 is 0 Å². The summed E-state index contributed by atoms with van der Waals surface area (Å²) >= 11 is 0. The van der Waals surface area contributed by atoms with Crippen molar-refractivity contribution in [1.29, 1.82) is 0 Å². The van der Waals surface area contributed by atoms with Crippen LogP contribution in [0, 0.1) is 12.7 Å². The Morgan fingerprint density at radius 3 is 2.30 bits per heavy atom. The number of carbonyl (C=O) groups excluding carboxylic acids is 1. The van der Waals surface area contributed by atoms with Gasteiger partial charge in [0.15, 0.2) is 0 Å². The first kappa shape index (κ1) is 21.1. The van der Waals surface area contributed by atoms with E-state index in [-0.39, 0.29) is 17.2 Å². The van der Waals surface area contributed by atoms with E-state index in [2.05, 4.69) is 10.0 Å². The third-order valence-electron chi connectivity index (χ3n) is 3.79. The SMILES string of the molecule is Cc1ccc(F)cc1NC(=O)CCc1ccc(S(=O)(=O)NC(C)(C)C)cc1. The minimum atomic E-state index is -3.58. The maximum absolute atomic E-state index is 13.3. The molecule has 0 unspecified atom stereocenters. The molecule has 146 valence electrons. The fourth-order valence-corrected chi connectivity index (χ4v) is 3.92. The van der Waals surface area contributed by atoms with E-state index in [1.54, 1.807) is 45.9 Å². The van der Waals surface area contributed by atoms with Gasteiger partial charge in [-0.05, 0) is 69.5 Å². The summed E-state index contributed by atoms with van der Waals surface area (Å²) in [5.41, 5.74) is 1.51. The summed E-state index contributed by atoms with van der Waals surface area (Å²) in [7, 11) is -3.58. The van der Waals surface area contributed by atoms with Crippen LogP contribution in [0.15, 0.2) is 47.4 Å². The third kappa shape index (κ3) is 6.45. The van der Waals surface area contributed by atoms with E-state index in [1.807, 2.05) is 0 Å². The molecule has 0 aliphatic heterocycles. The smallest absolute Gasteiger partial charge is 0.241 e. The van der Waals surface area contributed by atoms with Gasteiger partial charge in [-0.15, -0.1) is 0 Å². The van der Waals surface area contributed by atoms with Gasteiger partial charge in [-0.2, -0.15) is 0 Å². The lowest BCUT2D eigenvalue weighted by Crippen LogP contribution is -2.40. The Morgan fingerprint density at radius 2 is 1.70 bits per heavy atom. The summed E-state index contributed by atoms with van der Waals surface area (Å²) in [4.78, 5) is 12.3. The molecule has 0 atom stereocenters. The standard InChI is InChI=1S/C20H25FN2O3S/c1-14-5-9-16(21)13-18(14)22-19(24)12-8-15-6-10-17(11-7-15)27(25,26)23-20(2,3)4/h5-7,9-11,13,23H,8,12H2,1-4H3,(H,22,24). The molecule has 0 aliphatic rings. The zero-order valence-corrected chi connectivity index (χ0v) is 16.8. The highest BCUT2D eigenvalue weighted by molar-refractivity contribution is 7.89. The van der Waals surface area contributed by atoms with Crippen LogP contribution in [-0.4, -0.2) is 19.9 Å². The van der Waals surface area contributed by atoms with Crippen LogP contribution in [0.5, 0.6) is 0 Å². The second kappa shape index (κ2) is 8.19. The van der Waals surface area contributed by atoms with E-state index in [4.69, 9.17) is 0 Å². The van der Waals surface area contributed by atoms with Gasteiger partial charge in [-0.1, -0.05) is 18.2 Å². The highest BCUT2D eigenvalue weighted by Gasteiger charge is 2.21. The van der Waals surface area contributed by atoms with Crippen molar-refractivity contribution in [3.8, 4) is 0 Å². The minimum Gasteiger partial charge on any atom is -0.326 e.